The van der Waals surface area contributed by atoms with Crippen LogP contribution < -0.4 is 10.3 Å². The molecule has 0 aliphatic rings. The fourth-order valence-corrected chi connectivity index (χ4v) is 1.72. The van der Waals surface area contributed by atoms with E-state index in [0.29, 0.717) is 5.56 Å². The molecule has 0 atom stereocenters. The van der Waals surface area contributed by atoms with Gasteiger partial charge in [0.25, 0.3) is 0 Å². The van der Waals surface area contributed by atoms with Crippen molar-refractivity contribution in [3.63, 3.8) is 0 Å². The van der Waals surface area contributed by atoms with Gasteiger partial charge in [-0.1, -0.05) is 6.07 Å². The third kappa shape index (κ3) is 2.47. The van der Waals surface area contributed by atoms with Crippen molar-refractivity contribution in [2.24, 2.45) is 0 Å². The lowest BCUT2D eigenvalue weighted by Gasteiger charge is -2.07. The number of carboxylic acids is 1. The van der Waals surface area contributed by atoms with E-state index < -0.39 is 17.3 Å². The molecule has 0 amide bonds. The van der Waals surface area contributed by atoms with Gasteiger partial charge < -0.3 is 14.8 Å². The van der Waals surface area contributed by atoms with Crippen molar-refractivity contribution in [2.75, 3.05) is 7.11 Å². The number of carbonyl (C=O) groups is 1. The molecule has 0 aliphatic carbocycles. The van der Waals surface area contributed by atoms with Gasteiger partial charge in [0.1, 0.15) is 0 Å². The molecule has 0 saturated heterocycles. The summed E-state index contributed by atoms with van der Waals surface area (Å²) in [6.45, 7) is 0. The summed E-state index contributed by atoms with van der Waals surface area (Å²) in [5.41, 5.74) is -0.149. The molecule has 0 bridgehead atoms. The minimum atomic E-state index is -1.25. The van der Waals surface area contributed by atoms with Gasteiger partial charge in [0.05, 0.1) is 12.7 Å². The first-order valence-electron chi connectivity index (χ1n) is 5.33. The van der Waals surface area contributed by atoms with Gasteiger partial charge in [-0.2, -0.15) is 0 Å². The summed E-state index contributed by atoms with van der Waals surface area (Å²) < 4.78 is 18.4. The van der Waals surface area contributed by atoms with Crippen LogP contribution in [0.1, 0.15) is 10.4 Å². The maximum atomic E-state index is 13.6. The van der Waals surface area contributed by atoms with Crippen molar-refractivity contribution in [3.05, 3.63) is 52.2 Å². The lowest BCUT2D eigenvalue weighted by Crippen LogP contribution is -2.10. The highest BCUT2D eigenvalue weighted by atomic mass is 19.1. The minimum absolute atomic E-state index is 0.0602. The number of H-pyrrole nitrogens is 1. The number of aromatic amines is 1. The fraction of sp³-hybridized carbons (Fsp3) is 0.0769. The number of pyridine rings is 1. The second kappa shape index (κ2) is 4.93. The van der Waals surface area contributed by atoms with Gasteiger partial charge in [-0.3, -0.25) is 4.79 Å². The standard InChI is InChI=1S/C13H10FNO4/c1-19-11-3-2-7(4-10(11)14)9-6-15-12(16)5-8(9)13(17)18/h2-6H,1H3,(H,15,16)(H,17,18). The van der Waals surface area contributed by atoms with E-state index in [9.17, 15) is 14.0 Å². The summed E-state index contributed by atoms with van der Waals surface area (Å²) in [5, 5.41) is 9.05. The highest BCUT2D eigenvalue weighted by Crippen LogP contribution is 2.26. The van der Waals surface area contributed by atoms with Crippen LogP contribution in [0.5, 0.6) is 5.75 Å². The number of halogens is 1. The summed E-state index contributed by atoms with van der Waals surface area (Å²) in [6, 6.07) is 5.02. The Balaban J connectivity index is 2.62. The molecule has 1 aromatic carbocycles. The topological polar surface area (TPSA) is 79.4 Å². The van der Waals surface area contributed by atoms with Crippen LogP contribution >= 0.6 is 0 Å². The van der Waals surface area contributed by atoms with Crippen LogP contribution in [0, 0.1) is 5.82 Å². The van der Waals surface area contributed by atoms with Crippen molar-refractivity contribution in [3.8, 4) is 16.9 Å². The van der Waals surface area contributed by atoms with E-state index in [2.05, 4.69) is 4.98 Å². The number of aromatic carboxylic acids is 1. The molecule has 2 N–H and O–H groups in total. The SMILES string of the molecule is COc1ccc(-c2c[nH]c(=O)cc2C(=O)O)cc1F. The van der Waals surface area contributed by atoms with Gasteiger partial charge in [0.15, 0.2) is 11.6 Å². The molecular weight excluding hydrogens is 253 g/mol. The maximum absolute atomic E-state index is 13.6. The van der Waals surface area contributed by atoms with Crippen molar-refractivity contribution >= 4 is 5.97 Å². The number of aromatic nitrogens is 1. The van der Waals surface area contributed by atoms with Gasteiger partial charge in [-0.25, -0.2) is 9.18 Å². The molecule has 98 valence electrons. The Morgan fingerprint density at radius 1 is 1.37 bits per heavy atom. The lowest BCUT2D eigenvalue weighted by molar-refractivity contribution is 0.0697. The smallest absolute Gasteiger partial charge is 0.336 e. The average Bonchev–Trinajstić information content (AvgIpc) is 2.38. The molecule has 1 heterocycles. The zero-order chi connectivity index (χ0) is 14.0. The molecule has 0 radical (unpaired) electrons. The van der Waals surface area contributed by atoms with Crippen LogP contribution in [0.25, 0.3) is 11.1 Å². The number of hydrogen-bond acceptors (Lipinski definition) is 3. The summed E-state index contributed by atoms with van der Waals surface area (Å²) in [4.78, 5) is 24.6. The van der Waals surface area contributed by atoms with Gasteiger partial charge in [-0.05, 0) is 17.7 Å². The summed E-state index contributed by atoms with van der Waals surface area (Å²) in [7, 11) is 1.33. The van der Waals surface area contributed by atoms with Crippen LogP contribution in [-0.2, 0) is 0 Å². The molecule has 2 rings (SSSR count). The number of carboxylic acid groups (broad SMARTS) is 1. The van der Waals surface area contributed by atoms with Crippen LogP contribution in [0.2, 0.25) is 0 Å². The molecule has 0 fully saturated rings. The number of ether oxygens (including phenoxy) is 1. The molecule has 5 nitrogen and oxygen atoms in total. The number of methoxy groups -OCH3 is 1. The van der Waals surface area contributed by atoms with Gasteiger partial charge in [-0.15, -0.1) is 0 Å². The highest BCUT2D eigenvalue weighted by Gasteiger charge is 2.14. The first kappa shape index (κ1) is 12.8. The molecule has 1 aromatic heterocycles. The average molecular weight is 263 g/mol. The predicted octanol–water partition coefficient (Wildman–Crippen LogP) is 1.89. The Morgan fingerprint density at radius 3 is 2.68 bits per heavy atom. The lowest BCUT2D eigenvalue weighted by atomic mass is 10.0. The maximum Gasteiger partial charge on any atom is 0.336 e. The van der Waals surface area contributed by atoms with Gasteiger partial charge in [0.2, 0.25) is 5.56 Å². The fourth-order valence-electron chi connectivity index (χ4n) is 1.72. The Hall–Kier alpha value is -2.63. The zero-order valence-corrected chi connectivity index (χ0v) is 9.94. The van der Waals surface area contributed by atoms with Crippen LogP contribution in [0.4, 0.5) is 4.39 Å². The number of nitrogens with one attached hydrogen (secondary N) is 1. The number of rotatable bonds is 3. The van der Waals surface area contributed by atoms with Crippen LogP contribution in [0.3, 0.4) is 0 Å². The Bertz CT molecular complexity index is 693. The van der Waals surface area contributed by atoms with Crippen LogP contribution in [-0.4, -0.2) is 23.2 Å². The van der Waals surface area contributed by atoms with E-state index in [1.807, 2.05) is 0 Å². The number of hydrogen-bond donors (Lipinski definition) is 2. The first-order chi connectivity index (χ1) is 9.02. The summed E-state index contributed by atoms with van der Waals surface area (Å²) >= 11 is 0. The zero-order valence-electron chi connectivity index (χ0n) is 9.94. The Kier molecular flexibility index (Phi) is 3.33. The third-order valence-electron chi connectivity index (χ3n) is 2.62. The molecule has 0 aliphatic heterocycles. The Labute approximate surface area is 107 Å². The number of benzene rings is 1. The quantitative estimate of drug-likeness (QED) is 0.886. The molecule has 0 unspecified atom stereocenters. The van der Waals surface area contributed by atoms with E-state index in [0.717, 1.165) is 12.1 Å². The van der Waals surface area contributed by atoms with Gasteiger partial charge >= 0.3 is 5.97 Å². The molecular formula is C13H10FNO4. The first-order valence-corrected chi connectivity index (χ1v) is 5.33. The molecule has 19 heavy (non-hydrogen) atoms. The third-order valence-corrected chi connectivity index (χ3v) is 2.62. The summed E-state index contributed by atoms with van der Waals surface area (Å²) in [6.07, 6.45) is 1.24. The van der Waals surface area contributed by atoms with Crippen molar-refractivity contribution in [1.29, 1.82) is 0 Å². The summed E-state index contributed by atoms with van der Waals surface area (Å²) in [5.74, 6) is -1.80. The van der Waals surface area contributed by atoms with E-state index in [4.69, 9.17) is 9.84 Å². The molecule has 0 spiro atoms. The van der Waals surface area contributed by atoms with E-state index in [1.165, 1.54) is 25.4 Å². The van der Waals surface area contributed by atoms with Crippen molar-refractivity contribution in [2.45, 2.75) is 0 Å². The highest BCUT2D eigenvalue weighted by molar-refractivity contribution is 5.95. The van der Waals surface area contributed by atoms with Crippen molar-refractivity contribution < 1.29 is 19.0 Å². The monoisotopic (exact) mass is 263 g/mol. The second-order valence-electron chi connectivity index (χ2n) is 3.78. The molecule has 2 aromatic rings. The van der Waals surface area contributed by atoms with Gasteiger partial charge in [0, 0.05) is 17.8 Å². The minimum Gasteiger partial charge on any atom is -0.494 e. The molecule has 0 saturated carbocycles. The largest absolute Gasteiger partial charge is 0.494 e. The van der Waals surface area contributed by atoms with Crippen molar-refractivity contribution in [1.82, 2.24) is 4.98 Å². The molecule has 6 heteroatoms. The predicted molar refractivity (Wildman–Crippen MR) is 66.0 cm³/mol. The van der Waals surface area contributed by atoms with E-state index in [-0.39, 0.29) is 16.9 Å². The second-order valence-corrected chi connectivity index (χ2v) is 3.78. The van der Waals surface area contributed by atoms with E-state index >= 15 is 0 Å². The normalized spacial score (nSPS) is 10.2. The van der Waals surface area contributed by atoms with E-state index in [1.54, 1.807) is 0 Å². The van der Waals surface area contributed by atoms with Crippen LogP contribution in [0.15, 0.2) is 35.3 Å². The Morgan fingerprint density at radius 2 is 2.11 bits per heavy atom.